The van der Waals surface area contributed by atoms with Gasteiger partial charge in [0.15, 0.2) is 6.29 Å². The van der Waals surface area contributed by atoms with Gasteiger partial charge in [0, 0.05) is 36.5 Å². The van der Waals surface area contributed by atoms with E-state index in [4.69, 9.17) is 9.47 Å². The smallest absolute Gasteiger partial charge is 0.338 e. The third kappa shape index (κ3) is 6.46. The third-order valence-electron chi connectivity index (χ3n) is 5.53. The second kappa shape index (κ2) is 11.5. The maximum absolute atomic E-state index is 11.5. The largest absolute Gasteiger partial charge is 0.478 e. The number of rotatable bonds is 8. The number of hydrogen-bond donors (Lipinski definition) is 3. The number of thioether (sulfide) groups is 1. The minimum Gasteiger partial charge on any atom is -0.478 e. The van der Waals surface area contributed by atoms with Crippen molar-refractivity contribution in [2.45, 2.75) is 43.5 Å². The van der Waals surface area contributed by atoms with E-state index in [1.165, 1.54) is 24.8 Å². The van der Waals surface area contributed by atoms with Crippen molar-refractivity contribution in [1.29, 1.82) is 0 Å². The molecule has 0 radical (unpaired) electrons. The van der Waals surface area contributed by atoms with Crippen LogP contribution < -0.4 is 5.32 Å². The number of amides is 1. The number of carboxylic acid groups (broad SMARTS) is 1. The van der Waals surface area contributed by atoms with Crippen molar-refractivity contribution < 1.29 is 29.3 Å². The Kier molecular flexibility index (Phi) is 8.14. The molecule has 3 aromatic rings. The van der Waals surface area contributed by atoms with Gasteiger partial charge >= 0.3 is 5.97 Å². The predicted molar refractivity (Wildman–Crippen MR) is 131 cm³/mol. The number of aromatic carboxylic acids is 1. The van der Waals surface area contributed by atoms with Gasteiger partial charge in [0.1, 0.15) is 5.03 Å². The number of ether oxygens (including phenoxy) is 2. The Hall–Kier alpha value is -3.24. The second-order valence-electron chi connectivity index (χ2n) is 8.13. The van der Waals surface area contributed by atoms with Crippen LogP contribution in [0.2, 0.25) is 0 Å². The van der Waals surface area contributed by atoms with Gasteiger partial charge in [0.05, 0.1) is 24.4 Å². The molecule has 0 spiro atoms. The zero-order valence-electron chi connectivity index (χ0n) is 19.1. The van der Waals surface area contributed by atoms with Crippen LogP contribution in [-0.4, -0.2) is 38.9 Å². The van der Waals surface area contributed by atoms with Crippen molar-refractivity contribution >= 4 is 29.3 Å². The number of aliphatic hydroxyl groups excluding tert-OH is 1. The molecule has 35 heavy (non-hydrogen) atoms. The number of benzene rings is 2. The number of pyridine rings is 1. The molecule has 1 saturated heterocycles. The van der Waals surface area contributed by atoms with E-state index < -0.39 is 12.3 Å². The first-order chi connectivity index (χ1) is 16.9. The fourth-order valence-corrected chi connectivity index (χ4v) is 4.79. The highest BCUT2D eigenvalue weighted by molar-refractivity contribution is 7.99. The molecule has 8 nitrogen and oxygen atoms in total. The lowest BCUT2D eigenvalue weighted by Crippen LogP contribution is -2.31. The van der Waals surface area contributed by atoms with E-state index in [0.29, 0.717) is 22.9 Å². The first-order valence-electron chi connectivity index (χ1n) is 11.1. The molecule has 2 aromatic carbocycles. The van der Waals surface area contributed by atoms with Crippen molar-refractivity contribution in [3.05, 3.63) is 89.1 Å². The monoisotopic (exact) mass is 494 g/mol. The average Bonchev–Trinajstić information content (AvgIpc) is 2.87. The molecule has 1 amide bonds. The molecule has 4 rings (SSSR count). The number of hydrogen-bond acceptors (Lipinski definition) is 7. The summed E-state index contributed by atoms with van der Waals surface area (Å²) >= 11 is 1.34. The highest BCUT2D eigenvalue weighted by Gasteiger charge is 2.32. The van der Waals surface area contributed by atoms with Crippen molar-refractivity contribution in [3.8, 4) is 0 Å². The average molecular weight is 495 g/mol. The van der Waals surface area contributed by atoms with E-state index in [9.17, 15) is 19.8 Å². The summed E-state index contributed by atoms with van der Waals surface area (Å²) in [6, 6.07) is 18.0. The topological polar surface area (TPSA) is 118 Å². The first kappa shape index (κ1) is 24.9. The molecular weight excluding hydrogens is 468 g/mol. The summed E-state index contributed by atoms with van der Waals surface area (Å²) in [6.45, 7) is 1.42. The van der Waals surface area contributed by atoms with Crippen molar-refractivity contribution in [1.82, 2.24) is 4.98 Å². The van der Waals surface area contributed by atoms with E-state index in [2.05, 4.69) is 10.3 Å². The normalized spacial score (nSPS) is 19.8. The fourth-order valence-electron chi connectivity index (χ4n) is 3.79. The van der Waals surface area contributed by atoms with Gasteiger partial charge in [-0.25, -0.2) is 9.78 Å². The Labute approximate surface area is 207 Å². The molecular formula is C26H26N2O6S. The molecule has 0 aliphatic carbocycles. The van der Waals surface area contributed by atoms with Gasteiger partial charge in [-0.15, -0.1) is 11.8 Å². The Bertz CT molecular complexity index is 1170. The molecule has 3 N–H and O–H groups in total. The van der Waals surface area contributed by atoms with Crippen LogP contribution in [0.1, 0.15) is 52.8 Å². The number of nitrogens with zero attached hydrogens (tertiary/aromatic N) is 1. The van der Waals surface area contributed by atoms with E-state index in [-0.39, 0.29) is 30.3 Å². The number of carboxylic acids is 1. The van der Waals surface area contributed by atoms with E-state index in [1.807, 2.05) is 36.4 Å². The number of aromatic nitrogens is 1. The number of carbonyl (C=O) groups is 2. The van der Waals surface area contributed by atoms with Crippen LogP contribution in [0, 0.1) is 0 Å². The van der Waals surface area contributed by atoms with Crippen LogP contribution in [0.15, 0.2) is 71.9 Å². The van der Waals surface area contributed by atoms with E-state index in [1.54, 1.807) is 24.4 Å². The van der Waals surface area contributed by atoms with Gasteiger partial charge in [-0.2, -0.15) is 0 Å². The summed E-state index contributed by atoms with van der Waals surface area (Å²) < 4.78 is 12.6. The molecule has 1 fully saturated rings. The minimum absolute atomic E-state index is 0.0343. The Morgan fingerprint density at radius 3 is 2.43 bits per heavy atom. The molecule has 1 aromatic heterocycles. The standard InChI is InChI=1S/C26H26N2O6S/c1-16(30)28-20-10-8-19(9-11-20)26-33-21(15-35-24-22(25(31)32)3-2-12-27-24)13-23(34-26)18-6-4-17(14-29)5-7-18/h2-12,21,23,26,29H,13-15H2,1H3,(H,28,30)(H,31,32)/t21-,23+,26+/m1/s1. The van der Waals surface area contributed by atoms with Crippen LogP contribution >= 0.6 is 11.8 Å². The van der Waals surface area contributed by atoms with Crippen LogP contribution in [0.5, 0.6) is 0 Å². The predicted octanol–water partition coefficient (Wildman–Crippen LogP) is 4.57. The summed E-state index contributed by atoms with van der Waals surface area (Å²) in [6.07, 6.45) is 1.00. The van der Waals surface area contributed by atoms with E-state index in [0.717, 1.165) is 16.7 Å². The Balaban J connectivity index is 1.54. The minimum atomic E-state index is -1.02. The van der Waals surface area contributed by atoms with Gasteiger partial charge in [0.25, 0.3) is 0 Å². The quantitative estimate of drug-likeness (QED) is 0.390. The zero-order valence-corrected chi connectivity index (χ0v) is 19.9. The van der Waals surface area contributed by atoms with Crippen molar-refractivity contribution in [2.24, 2.45) is 0 Å². The van der Waals surface area contributed by atoms with Crippen LogP contribution in [0.4, 0.5) is 5.69 Å². The Morgan fingerprint density at radius 2 is 1.77 bits per heavy atom. The maximum Gasteiger partial charge on any atom is 0.338 e. The number of carbonyl (C=O) groups excluding carboxylic acids is 1. The molecule has 0 saturated carbocycles. The SMILES string of the molecule is CC(=O)Nc1ccc([C@H]2O[C@@H](CSc3ncccc3C(=O)O)C[C@@H](c3ccc(CO)cc3)O2)cc1. The van der Waals surface area contributed by atoms with Crippen LogP contribution in [0.3, 0.4) is 0 Å². The number of anilines is 1. The molecule has 2 heterocycles. The summed E-state index contributed by atoms with van der Waals surface area (Å²) in [5.74, 6) is -0.680. The second-order valence-corrected chi connectivity index (χ2v) is 9.13. The van der Waals surface area contributed by atoms with Gasteiger partial charge in [0.2, 0.25) is 5.91 Å². The van der Waals surface area contributed by atoms with Gasteiger partial charge in [-0.05, 0) is 35.4 Å². The lowest BCUT2D eigenvalue weighted by molar-refractivity contribution is -0.245. The van der Waals surface area contributed by atoms with E-state index >= 15 is 0 Å². The Morgan fingerprint density at radius 1 is 1.06 bits per heavy atom. The molecule has 1 aliphatic rings. The van der Waals surface area contributed by atoms with Crippen LogP contribution in [0.25, 0.3) is 0 Å². The summed E-state index contributed by atoms with van der Waals surface area (Å²) in [7, 11) is 0. The van der Waals surface area contributed by atoms with Gasteiger partial charge < -0.3 is 25.0 Å². The molecule has 1 aliphatic heterocycles. The summed E-state index contributed by atoms with van der Waals surface area (Å²) in [5, 5.41) is 22.0. The van der Waals surface area contributed by atoms with Gasteiger partial charge in [-0.1, -0.05) is 36.4 Å². The summed E-state index contributed by atoms with van der Waals surface area (Å²) in [5.41, 5.74) is 3.41. The molecule has 0 unspecified atom stereocenters. The first-order valence-corrected chi connectivity index (χ1v) is 12.1. The molecule has 3 atom stereocenters. The van der Waals surface area contributed by atoms with Crippen molar-refractivity contribution in [2.75, 3.05) is 11.1 Å². The van der Waals surface area contributed by atoms with Gasteiger partial charge in [-0.3, -0.25) is 4.79 Å². The highest BCUT2D eigenvalue weighted by Crippen LogP contribution is 2.39. The molecule has 182 valence electrons. The lowest BCUT2D eigenvalue weighted by Gasteiger charge is -2.36. The molecule has 9 heteroatoms. The fraction of sp³-hybridized carbons (Fsp3) is 0.269. The summed E-state index contributed by atoms with van der Waals surface area (Å²) in [4.78, 5) is 27.1. The highest BCUT2D eigenvalue weighted by atomic mass is 32.2. The third-order valence-corrected chi connectivity index (χ3v) is 6.66. The number of nitrogens with one attached hydrogen (secondary N) is 1. The lowest BCUT2D eigenvalue weighted by atomic mass is 10.0. The van der Waals surface area contributed by atoms with Crippen LogP contribution in [-0.2, 0) is 20.9 Å². The zero-order chi connectivity index (χ0) is 24.8. The molecule has 0 bridgehead atoms. The number of aliphatic hydroxyl groups is 1. The maximum atomic E-state index is 11.5. The van der Waals surface area contributed by atoms with Crippen molar-refractivity contribution in [3.63, 3.8) is 0 Å².